The number of rotatable bonds is 3. The van der Waals surface area contributed by atoms with Gasteiger partial charge >= 0.3 is 0 Å². The van der Waals surface area contributed by atoms with E-state index in [0.29, 0.717) is 0 Å². The number of benzene rings is 1. The first-order valence-electron chi connectivity index (χ1n) is 4.35. The van der Waals surface area contributed by atoms with E-state index in [-0.39, 0.29) is 5.92 Å². The van der Waals surface area contributed by atoms with Gasteiger partial charge in [-0.15, -0.1) is 0 Å². The summed E-state index contributed by atoms with van der Waals surface area (Å²) in [5, 5.41) is 8.85. The Kier molecular flexibility index (Phi) is 3.33. The number of methoxy groups -OCH3 is 1. The lowest BCUT2D eigenvalue weighted by atomic mass is 9.98. The molecule has 0 spiro atoms. The molecule has 0 radical (unpaired) electrons. The maximum absolute atomic E-state index is 8.85. The molecule has 1 rings (SSSR count). The smallest absolute Gasteiger partial charge is 0.119 e. The molecule has 0 bridgehead atoms. The summed E-state index contributed by atoms with van der Waals surface area (Å²) in [5.41, 5.74) is 1.03. The van der Waals surface area contributed by atoms with E-state index in [9.17, 15) is 0 Å². The minimum Gasteiger partial charge on any atom is -0.497 e. The topological polar surface area (TPSA) is 33.0 Å². The quantitative estimate of drug-likeness (QED) is 0.707. The van der Waals surface area contributed by atoms with Crippen LogP contribution < -0.4 is 4.74 Å². The van der Waals surface area contributed by atoms with Gasteiger partial charge in [0.05, 0.1) is 19.1 Å². The van der Waals surface area contributed by atoms with Crippen molar-refractivity contribution in [3.8, 4) is 11.8 Å². The molecule has 2 heteroatoms. The van der Waals surface area contributed by atoms with Crippen LogP contribution in [-0.4, -0.2) is 7.11 Å². The summed E-state index contributed by atoms with van der Waals surface area (Å²) in [4.78, 5) is 0. The van der Waals surface area contributed by atoms with Gasteiger partial charge in [0.15, 0.2) is 0 Å². The molecule has 0 aromatic heterocycles. The van der Waals surface area contributed by atoms with Gasteiger partial charge in [0.1, 0.15) is 5.75 Å². The molecule has 13 heavy (non-hydrogen) atoms. The van der Waals surface area contributed by atoms with Crippen LogP contribution in [0, 0.1) is 11.3 Å². The highest BCUT2D eigenvalue weighted by atomic mass is 16.5. The number of ether oxygens (including phenoxy) is 1. The van der Waals surface area contributed by atoms with Crippen LogP contribution >= 0.6 is 0 Å². The highest BCUT2D eigenvalue weighted by Crippen LogP contribution is 2.22. The van der Waals surface area contributed by atoms with Crippen molar-refractivity contribution in [2.24, 2.45) is 0 Å². The zero-order chi connectivity index (χ0) is 9.68. The lowest BCUT2D eigenvalue weighted by Crippen LogP contribution is -1.94. The van der Waals surface area contributed by atoms with Gasteiger partial charge in [0, 0.05) is 0 Å². The minimum absolute atomic E-state index is 0.0184. The summed E-state index contributed by atoms with van der Waals surface area (Å²) in [6.07, 6.45) is 0.837. The molecule has 0 unspecified atom stereocenters. The highest BCUT2D eigenvalue weighted by Gasteiger charge is 2.07. The van der Waals surface area contributed by atoms with Crippen molar-refractivity contribution < 1.29 is 4.74 Å². The van der Waals surface area contributed by atoms with Gasteiger partial charge in [-0.1, -0.05) is 19.1 Å². The molecule has 2 nitrogen and oxygen atoms in total. The Morgan fingerprint density at radius 1 is 1.54 bits per heavy atom. The first-order chi connectivity index (χ1) is 6.31. The van der Waals surface area contributed by atoms with Crippen molar-refractivity contribution in [2.45, 2.75) is 19.3 Å². The molecule has 0 N–H and O–H groups in total. The predicted molar refractivity (Wildman–Crippen MR) is 51.6 cm³/mol. The third kappa shape index (κ3) is 2.22. The largest absolute Gasteiger partial charge is 0.497 e. The molecule has 0 heterocycles. The monoisotopic (exact) mass is 175 g/mol. The number of hydrogen-bond donors (Lipinski definition) is 0. The number of hydrogen-bond acceptors (Lipinski definition) is 2. The number of nitrogens with zero attached hydrogens (tertiary/aromatic N) is 1. The molecule has 0 saturated carbocycles. The second kappa shape index (κ2) is 4.51. The molecule has 0 aliphatic heterocycles. The van der Waals surface area contributed by atoms with Crippen LogP contribution in [0.3, 0.4) is 0 Å². The SMILES string of the molecule is CC[C@@H](C#N)c1cccc(OC)c1. The third-order valence-electron chi connectivity index (χ3n) is 2.06. The lowest BCUT2D eigenvalue weighted by Gasteiger charge is -2.07. The van der Waals surface area contributed by atoms with Crippen molar-refractivity contribution in [3.63, 3.8) is 0 Å². The molecule has 0 fully saturated rings. The van der Waals surface area contributed by atoms with Gasteiger partial charge in [-0.05, 0) is 24.1 Å². The Morgan fingerprint density at radius 2 is 2.31 bits per heavy atom. The molecule has 68 valence electrons. The van der Waals surface area contributed by atoms with Gasteiger partial charge in [-0.3, -0.25) is 0 Å². The molecule has 1 atom stereocenters. The molecule has 0 saturated heterocycles. The first kappa shape index (κ1) is 9.60. The molecular weight excluding hydrogens is 162 g/mol. The zero-order valence-corrected chi connectivity index (χ0v) is 7.95. The van der Waals surface area contributed by atoms with Gasteiger partial charge in [0.25, 0.3) is 0 Å². The fourth-order valence-electron chi connectivity index (χ4n) is 1.26. The maximum atomic E-state index is 8.85. The summed E-state index contributed by atoms with van der Waals surface area (Å²) in [7, 11) is 1.63. The maximum Gasteiger partial charge on any atom is 0.119 e. The average molecular weight is 175 g/mol. The Labute approximate surface area is 78.8 Å². The van der Waals surface area contributed by atoms with Crippen LogP contribution in [0.25, 0.3) is 0 Å². The van der Waals surface area contributed by atoms with Crippen LogP contribution in [0.1, 0.15) is 24.8 Å². The van der Waals surface area contributed by atoms with E-state index in [4.69, 9.17) is 10.00 Å². The second-order valence-corrected chi connectivity index (χ2v) is 2.87. The van der Waals surface area contributed by atoms with Crippen LogP contribution in [0.15, 0.2) is 24.3 Å². The van der Waals surface area contributed by atoms with E-state index in [1.54, 1.807) is 7.11 Å². The van der Waals surface area contributed by atoms with E-state index in [1.165, 1.54) is 0 Å². The molecular formula is C11H13NO. The van der Waals surface area contributed by atoms with Crippen molar-refractivity contribution in [1.29, 1.82) is 5.26 Å². The summed E-state index contributed by atoms with van der Waals surface area (Å²) < 4.78 is 5.08. The standard InChI is InChI=1S/C11H13NO/c1-3-9(8-12)10-5-4-6-11(7-10)13-2/h4-7,9H,3H2,1-2H3/t9-/m0/s1. The normalized spacial score (nSPS) is 11.8. The Hall–Kier alpha value is -1.49. The predicted octanol–water partition coefficient (Wildman–Crippen LogP) is 2.71. The van der Waals surface area contributed by atoms with Gasteiger partial charge in [0.2, 0.25) is 0 Å². The summed E-state index contributed by atoms with van der Waals surface area (Å²) in [6, 6.07) is 9.93. The van der Waals surface area contributed by atoms with E-state index in [0.717, 1.165) is 17.7 Å². The van der Waals surface area contributed by atoms with Crippen molar-refractivity contribution in [2.75, 3.05) is 7.11 Å². The molecule has 1 aromatic carbocycles. The fraction of sp³-hybridized carbons (Fsp3) is 0.364. The molecule has 0 aliphatic rings. The van der Waals surface area contributed by atoms with Crippen LogP contribution in [0.4, 0.5) is 0 Å². The van der Waals surface area contributed by atoms with Crippen molar-refractivity contribution in [1.82, 2.24) is 0 Å². The fourth-order valence-corrected chi connectivity index (χ4v) is 1.26. The van der Waals surface area contributed by atoms with E-state index in [2.05, 4.69) is 6.07 Å². The number of nitriles is 1. The molecule has 1 aromatic rings. The van der Waals surface area contributed by atoms with Gasteiger partial charge < -0.3 is 4.74 Å². The Balaban J connectivity index is 2.94. The van der Waals surface area contributed by atoms with Crippen LogP contribution in [-0.2, 0) is 0 Å². The van der Waals surface area contributed by atoms with Crippen LogP contribution in [0.5, 0.6) is 5.75 Å². The average Bonchev–Trinajstić information content (AvgIpc) is 2.20. The van der Waals surface area contributed by atoms with Crippen molar-refractivity contribution >= 4 is 0 Å². The summed E-state index contributed by atoms with van der Waals surface area (Å²) in [5.74, 6) is 0.793. The third-order valence-corrected chi connectivity index (χ3v) is 2.06. The summed E-state index contributed by atoms with van der Waals surface area (Å²) in [6.45, 7) is 2.01. The van der Waals surface area contributed by atoms with Crippen LogP contribution in [0.2, 0.25) is 0 Å². The highest BCUT2D eigenvalue weighted by molar-refractivity contribution is 5.33. The van der Waals surface area contributed by atoms with Crippen molar-refractivity contribution in [3.05, 3.63) is 29.8 Å². The molecule has 0 amide bonds. The Bertz CT molecular complexity index is 314. The van der Waals surface area contributed by atoms with E-state index in [1.807, 2.05) is 31.2 Å². The Morgan fingerprint density at radius 3 is 2.85 bits per heavy atom. The van der Waals surface area contributed by atoms with E-state index >= 15 is 0 Å². The summed E-state index contributed by atoms with van der Waals surface area (Å²) >= 11 is 0. The first-order valence-corrected chi connectivity index (χ1v) is 4.35. The lowest BCUT2D eigenvalue weighted by molar-refractivity contribution is 0.414. The molecule has 0 aliphatic carbocycles. The second-order valence-electron chi connectivity index (χ2n) is 2.87. The minimum atomic E-state index is -0.0184. The van der Waals surface area contributed by atoms with Gasteiger partial charge in [-0.2, -0.15) is 5.26 Å². The zero-order valence-electron chi connectivity index (χ0n) is 7.95. The van der Waals surface area contributed by atoms with E-state index < -0.39 is 0 Å². The van der Waals surface area contributed by atoms with Gasteiger partial charge in [-0.25, -0.2) is 0 Å².